The SMILES string of the molecule is CC(C)c1ccccc1[C@@H]1CCCN1C1CC2(C1)CN(c1ccc(C(=O)NS(=O)(=O)c3cc4c(c([N+](=O)[O-])c3)N[C@@H](CN3CCN(C)CC3)CO4)c(N3c4cc5cc[nH]c5nc4O[C@@H]4COC[C@H]43)c1)C2. The summed E-state index contributed by atoms with van der Waals surface area (Å²) in [7, 11) is -2.61. The lowest BCUT2D eigenvalue weighted by Gasteiger charge is -2.62. The number of piperazine rings is 1. The summed E-state index contributed by atoms with van der Waals surface area (Å²) in [5.41, 5.74) is 5.51. The Morgan fingerprint density at radius 3 is 2.60 bits per heavy atom. The molecule has 6 aliphatic heterocycles. The highest BCUT2D eigenvalue weighted by Crippen LogP contribution is 2.55. The number of likely N-dealkylation sites (tertiary alicyclic amines) is 1. The summed E-state index contributed by atoms with van der Waals surface area (Å²) in [6, 6.07) is 21.0. The lowest BCUT2D eigenvalue weighted by molar-refractivity contribution is -0.384. The number of ether oxygens (including phenoxy) is 3. The molecule has 1 amide bonds. The Hall–Kier alpha value is -5.99. The van der Waals surface area contributed by atoms with Crippen molar-refractivity contribution in [2.75, 3.05) is 94.3 Å². The highest BCUT2D eigenvalue weighted by Gasteiger charge is 2.55. The molecular formula is C51H60N10O8S. The van der Waals surface area contributed by atoms with E-state index in [9.17, 15) is 23.3 Å². The highest BCUT2D eigenvalue weighted by atomic mass is 32.2. The summed E-state index contributed by atoms with van der Waals surface area (Å²) in [5.74, 6) is -0.0245. The molecule has 368 valence electrons. The van der Waals surface area contributed by atoms with Gasteiger partial charge in [-0.05, 0) is 86.7 Å². The Morgan fingerprint density at radius 1 is 0.986 bits per heavy atom. The third-order valence-corrected chi connectivity index (χ3v) is 17.3. The molecule has 0 bridgehead atoms. The molecule has 0 unspecified atom stereocenters. The van der Waals surface area contributed by atoms with Crippen LogP contribution in [0.25, 0.3) is 11.0 Å². The fourth-order valence-corrected chi connectivity index (χ4v) is 13.4. The predicted octanol–water partition coefficient (Wildman–Crippen LogP) is 6.24. The first-order chi connectivity index (χ1) is 33.8. The zero-order valence-corrected chi connectivity index (χ0v) is 40.6. The van der Waals surface area contributed by atoms with Crippen LogP contribution in [0.5, 0.6) is 11.6 Å². The summed E-state index contributed by atoms with van der Waals surface area (Å²) in [4.78, 5) is 45.8. The van der Waals surface area contributed by atoms with Gasteiger partial charge in [-0.2, -0.15) is 4.98 Å². The second-order valence-corrected chi connectivity index (χ2v) is 22.6. The molecule has 5 fully saturated rings. The number of hydrogen-bond acceptors (Lipinski definition) is 15. The number of nitrogens with one attached hydrogen (secondary N) is 3. The minimum absolute atomic E-state index is 0.0317. The average Bonchev–Trinajstić information content (AvgIpc) is 4.11. The molecule has 18 nitrogen and oxygen atoms in total. The first-order valence-electron chi connectivity index (χ1n) is 24.7. The van der Waals surface area contributed by atoms with E-state index in [1.807, 2.05) is 29.2 Å². The number of sulfonamides is 1. The first-order valence-corrected chi connectivity index (χ1v) is 26.2. The number of aromatic nitrogens is 2. The molecule has 12 rings (SSSR count). The van der Waals surface area contributed by atoms with E-state index in [0.717, 1.165) is 75.8 Å². The van der Waals surface area contributed by atoms with E-state index in [1.54, 1.807) is 12.3 Å². The third kappa shape index (κ3) is 7.99. The second kappa shape index (κ2) is 17.4. The Balaban J connectivity index is 0.827. The van der Waals surface area contributed by atoms with E-state index in [2.05, 4.69) is 79.8 Å². The number of nitro groups is 1. The van der Waals surface area contributed by atoms with Gasteiger partial charge in [0.15, 0.2) is 11.4 Å². The van der Waals surface area contributed by atoms with Gasteiger partial charge in [-0.1, -0.05) is 38.1 Å². The normalized spacial score (nSPS) is 24.6. The largest absolute Gasteiger partial charge is 0.489 e. The van der Waals surface area contributed by atoms with Gasteiger partial charge in [0.2, 0.25) is 5.88 Å². The Labute approximate surface area is 407 Å². The van der Waals surface area contributed by atoms with Crippen LogP contribution in [-0.4, -0.2) is 147 Å². The molecule has 4 atom stereocenters. The molecule has 19 heteroatoms. The van der Waals surface area contributed by atoms with Crippen molar-refractivity contribution in [2.45, 2.75) is 80.6 Å². The van der Waals surface area contributed by atoms with Gasteiger partial charge in [0.05, 0.1) is 46.4 Å². The maximum Gasteiger partial charge on any atom is 0.297 e. The fourth-order valence-electron chi connectivity index (χ4n) is 12.4. The minimum atomic E-state index is -4.68. The molecule has 0 radical (unpaired) electrons. The third-order valence-electron chi connectivity index (χ3n) is 16.0. The summed E-state index contributed by atoms with van der Waals surface area (Å²) >= 11 is 0. The van der Waals surface area contributed by atoms with E-state index < -0.39 is 37.5 Å². The number of nitro benzene ring substituents is 1. The topological polar surface area (TPSA) is 191 Å². The quantitative estimate of drug-likeness (QED) is 0.0996. The Bertz CT molecular complexity index is 2980. The van der Waals surface area contributed by atoms with Gasteiger partial charge in [0.1, 0.15) is 24.0 Å². The van der Waals surface area contributed by atoms with E-state index in [0.29, 0.717) is 60.7 Å². The number of nitrogens with zero attached hydrogens (tertiary/aromatic N) is 7. The number of hydrogen-bond donors (Lipinski definition) is 3. The summed E-state index contributed by atoms with van der Waals surface area (Å²) < 4.78 is 49.3. The number of amides is 1. The number of anilines is 4. The van der Waals surface area contributed by atoms with E-state index in [1.165, 1.54) is 30.0 Å². The second-order valence-electron chi connectivity index (χ2n) is 20.9. The molecule has 3 aromatic carbocycles. The van der Waals surface area contributed by atoms with Crippen molar-refractivity contribution in [3.63, 3.8) is 0 Å². The van der Waals surface area contributed by atoms with Crippen molar-refractivity contribution in [1.29, 1.82) is 0 Å². The van der Waals surface area contributed by atoms with Gasteiger partial charge in [0.25, 0.3) is 21.6 Å². The number of carbonyl (C=O) groups excluding carboxylic acids is 1. The maximum atomic E-state index is 14.7. The number of aromatic amines is 1. The molecule has 3 N–H and O–H groups in total. The van der Waals surface area contributed by atoms with Crippen LogP contribution < -0.4 is 29.3 Å². The Kier molecular flexibility index (Phi) is 11.2. The van der Waals surface area contributed by atoms with Crippen LogP contribution in [0, 0.1) is 15.5 Å². The fraction of sp³-hybridized carbons (Fsp3) is 0.490. The van der Waals surface area contributed by atoms with Crippen molar-refractivity contribution < 1.29 is 32.3 Å². The van der Waals surface area contributed by atoms with Gasteiger partial charge in [-0.25, -0.2) is 13.1 Å². The van der Waals surface area contributed by atoms with Crippen LogP contribution in [-0.2, 0) is 14.8 Å². The van der Waals surface area contributed by atoms with E-state index >= 15 is 0 Å². The molecule has 8 heterocycles. The highest BCUT2D eigenvalue weighted by molar-refractivity contribution is 7.90. The monoisotopic (exact) mass is 972 g/mol. The number of H-pyrrole nitrogens is 1. The molecule has 70 heavy (non-hydrogen) atoms. The van der Waals surface area contributed by atoms with Crippen LogP contribution in [0.15, 0.2) is 77.8 Å². The van der Waals surface area contributed by atoms with Crippen LogP contribution in [0.2, 0.25) is 0 Å². The van der Waals surface area contributed by atoms with Crippen molar-refractivity contribution in [2.24, 2.45) is 5.41 Å². The zero-order valence-electron chi connectivity index (χ0n) is 39.8. The van der Waals surface area contributed by atoms with E-state index in [4.69, 9.17) is 19.2 Å². The molecule has 2 aromatic heterocycles. The van der Waals surface area contributed by atoms with Crippen LogP contribution in [0.4, 0.5) is 28.4 Å². The summed E-state index contributed by atoms with van der Waals surface area (Å²) in [6.07, 6.45) is 6.04. The van der Waals surface area contributed by atoms with Gasteiger partial charge in [-0.15, -0.1) is 0 Å². The van der Waals surface area contributed by atoms with Crippen molar-refractivity contribution in [3.8, 4) is 11.6 Å². The predicted molar refractivity (Wildman–Crippen MR) is 265 cm³/mol. The maximum absolute atomic E-state index is 14.7. The van der Waals surface area contributed by atoms with Gasteiger partial charge in [-0.3, -0.25) is 24.7 Å². The van der Waals surface area contributed by atoms with Gasteiger partial charge in [0, 0.05) is 92.7 Å². The number of fused-ring (bicyclic) bond motifs is 4. The summed E-state index contributed by atoms with van der Waals surface area (Å²) in [6.45, 7) is 12.4. The standard InChI is InChI=1S/C51H60N10O8S/c1-31(2)37-7-4-5-8-38(37)40-9-6-14-59(40)35-23-51(24-35)29-58(30-51)34-10-11-39(41(20-34)60-43-19-32-12-13-52-48(32)54-50(43)69-46-28-67-27-44(46)60)49(62)55-70(65,66)36-21-42(61(63)64)47-45(22-36)68-26-33(53-47)25-57-17-15-56(3)16-18-57/h4-5,7-8,10-13,19-22,31,33,35,40,44,46,53H,6,9,14-18,23-30H2,1-3H3,(H,52,54)(H,55,62)/t33-,40-,44+,46+/m0/s1. The van der Waals surface area contributed by atoms with Gasteiger partial charge >= 0.3 is 0 Å². The number of rotatable bonds is 11. The number of benzene rings is 3. The molecule has 5 aromatic rings. The molecule has 1 spiro atoms. The molecule has 1 aliphatic carbocycles. The van der Waals surface area contributed by atoms with Gasteiger partial charge < -0.3 is 39.2 Å². The molecule has 4 saturated heterocycles. The smallest absolute Gasteiger partial charge is 0.297 e. The Morgan fingerprint density at radius 2 is 1.80 bits per heavy atom. The van der Waals surface area contributed by atoms with Crippen molar-refractivity contribution in [1.82, 2.24) is 29.4 Å². The molecular weight excluding hydrogens is 913 g/mol. The number of likely N-dealkylation sites (N-methyl/N-ethyl adjacent to an activating group) is 1. The molecule has 7 aliphatic rings. The van der Waals surface area contributed by atoms with Crippen molar-refractivity contribution >= 4 is 55.4 Å². The molecule has 1 saturated carbocycles. The van der Waals surface area contributed by atoms with Crippen LogP contribution in [0.1, 0.15) is 73.0 Å². The lowest BCUT2D eigenvalue weighted by atomic mass is 9.60. The summed E-state index contributed by atoms with van der Waals surface area (Å²) in [5, 5.41) is 16.6. The van der Waals surface area contributed by atoms with Crippen LogP contribution in [0.3, 0.4) is 0 Å². The number of carbonyl (C=O) groups is 1. The number of pyridine rings is 1. The first kappa shape index (κ1) is 45.2. The average molecular weight is 973 g/mol. The van der Waals surface area contributed by atoms with Crippen LogP contribution >= 0.6 is 0 Å². The van der Waals surface area contributed by atoms with E-state index in [-0.39, 0.29) is 41.1 Å². The minimum Gasteiger partial charge on any atom is -0.489 e. The lowest BCUT2D eigenvalue weighted by Crippen LogP contribution is -2.66. The zero-order chi connectivity index (χ0) is 48.1. The van der Waals surface area contributed by atoms with Crippen molar-refractivity contribution in [3.05, 3.63) is 99.7 Å².